The summed E-state index contributed by atoms with van der Waals surface area (Å²) in [6.07, 6.45) is 6.39. The van der Waals surface area contributed by atoms with Gasteiger partial charge in [0.25, 0.3) is 0 Å². The van der Waals surface area contributed by atoms with E-state index in [0.717, 1.165) is 47.0 Å². The summed E-state index contributed by atoms with van der Waals surface area (Å²) in [5, 5.41) is 1.89. The number of nitrogens with one attached hydrogen (secondary N) is 1. The molecule has 7 nitrogen and oxygen atoms in total. The number of amides is 1. The highest BCUT2D eigenvalue weighted by Crippen LogP contribution is 2.34. The van der Waals surface area contributed by atoms with Crippen LogP contribution in [-0.4, -0.2) is 52.2 Å². The number of benzene rings is 2. The molecule has 222 valence electrons. The van der Waals surface area contributed by atoms with E-state index in [4.69, 9.17) is 32.7 Å². The van der Waals surface area contributed by atoms with Crippen LogP contribution >= 0.6 is 23.2 Å². The first-order chi connectivity index (χ1) is 20.0. The molecular formula is C33H37Cl2N3O4. The fourth-order valence-electron chi connectivity index (χ4n) is 4.84. The lowest BCUT2D eigenvalue weighted by Crippen LogP contribution is -2.38. The summed E-state index contributed by atoms with van der Waals surface area (Å²) < 4.78 is 11.0. The van der Waals surface area contributed by atoms with Crippen LogP contribution in [0.2, 0.25) is 10.0 Å². The molecule has 0 aliphatic heterocycles. The van der Waals surface area contributed by atoms with Crippen LogP contribution in [0.15, 0.2) is 60.9 Å². The Morgan fingerprint density at radius 2 is 1.74 bits per heavy atom. The molecule has 9 heteroatoms. The summed E-state index contributed by atoms with van der Waals surface area (Å²) in [4.78, 5) is 35.3. The number of hydrogen-bond donors (Lipinski definition) is 1. The number of H-pyrrole nitrogens is 1. The van der Waals surface area contributed by atoms with Crippen molar-refractivity contribution in [2.75, 3.05) is 19.7 Å². The number of hydrogen-bond acceptors (Lipinski definition) is 5. The lowest BCUT2D eigenvalue weighted by atomic mass is 10.0. The van der Waals surface area contributed by atoms with Crippen molar-refractivity contribution in [2.24, 2.45) is 0 Å². The first kappa shape index (κ1) is 31.4. The van der Waals surface area contributed by atoms with Crippen molar-refractivity contribution in [1.82, 2.24) is 14.9 Å². The van der Waals surface area contributed by atoms with Crippen molar-refractivity contribution in [3.8, 4) is 11.3 Å². The van der Waals surface area contributed by atoms with Crippen LogP contribution in [0, 0.1) is 0 Å². The molecule has 0 unspecified atom stereocenters. The summed E-state index contributed by atoms with van der Waals surface area (Å²) in [5.41, 5.74) is 4.45. The monoisotopic (exact) mass is 609 g/mol. The molecule has 42 heavy (non-hydrogen) atoms. The van der Waals surface area contributed by atoms with Crippen LogP contribution in [0.25, 0.3) is 22.2 Å². The van der Waals surface area contributed by atoms with E-state index in [9.17, 15) is 9.59 Å². The zero-order chi connectivity index (χ0) is 30.3. The SMILES string of the molecule is CCOC(=O)c1ccc2[nH]c(-c3cc(Cl)cc(Cl)c3)c(CCN(CCCCc3cccnc3)C(=O)OC(C)(C)C)c2c1. The Labute approximate surface area is 257 Å². The number of fused-ring (bicyclic) bond motifs is 1. The molecule has 0 bridgehead atoms. The molecule has 0 aliphatic carbocycles. The van der Waals surface area contributed by atoms with E-state index in [1.54, 1.807) is 30.2 Å². The number of pyridine rings is 1. The third-order valence-corrected chi connectivity index (χ3v) is 7.15. The van der Waals surface area contributed by atoms with Gasteiger partial charge in [-0.1, -0.05) is 29.3 Å². The van der Waals surface area contributed by atoms with E-state index in [1.807, 2.05) is 57.3 Å². The number of esters is 1. The molecule has 0 spiro atoms. The van der Waals surface area contributed by atoms with E-state index < -0.39 is 5.60 Å². The Balaban J connectivity index is 1.64. The van der Waals surface area contributed by atoms with Gasteiger partial charge in [-0.3, -0.25) is 4.98 Å². The van der Waals surface area contributed by atoms with Crippen LogP contribution in [0.3, 0.4) is 0 Å². The second-order valence-corrected chi connectivity index (χ2v) is 12.0. The van der Waals surface area contributed by atoms with Gasteiger partial charge in [0, 0.05) is 57.7 Å². The number of halogens is 2. The summed E-state index contributed by atoms with van der Waals surface area (Å²) in [7, 11) is 0. The number of aromatic amines is 1. The number of rotatable bonds is 11. The molecule has 2 heterocycles. The van der Waals surface area contributed by atoms with Crippen LogP contribution < -0.4 is 0 Å². The minimum atomic E-state index is -0.622. The van der Waals surface area contributed by atoms with Gasteiger partial charge in [0.05, 0.1) is 12.2 Å². The summed E-state index contributed by atoms with van der Waals surface area (Å²) in [6, 6.07) is 14.8. The van der Waals surface area contributed by atoms with Crippen molar-refractivity contribution in [1.29, 1.82) is 0 Å². The summed E-state index contributed by atoms with van der Waals surface area (Å²) in [6.45, 7) is 8.62. The van der Waals surface area contributed by atoms with Gasteiger partial charge < -0.3 is 19.4 Å². The van der Waals surface area contributed by atoms with Crippen molar-refractivity contribution in [2.45, 2.75) is 59.0 Å². The number of unbranched alkanes of at least 4 members (excludes halogenated alkanes) is 1. The second kappa shape index (κ2) is 14.1. The molecule has 0 fully saturated rings. The Morgan fingerprint density at radius 3 is 2.40 bits per heavy atom. The molecule has 0 saturated heterocycles. The topological polar surface area (TPSA) is 84.5 Å². The Morgan fingerprint density at radius 1 is 0.976 bits per heavy atom. The van der Waals surface area contributed by atoms with Crippen LogP contribution in [-0.2, 0) is 22.3 Å². The molecule has 2 aromatic carbocycles. The molecule has 1 N–H and O–H groups in total. The van der Waals surface area contributed by atoms with E-state index in [2.05, 4.69) is 16.0 Å². The van der Waals surface area contributed by atoms with Crippen molar-refractivity contribution in [3.05, 3.63) is 87.7 Å². The highest BCUT2D eigenvalue weighted by molar-refractivity contribution is 6.35. The number of ether oxygens (including phenoxy) is 2. The largest absolute Gasteiger partial charge is 0.462 e. The summed E-state index contributed by atoms with van der Waals surface area (Å²) >= 11 is 12.7. The van der Waals surface area contributed by atoms with Crippen LogP contribution in [0.1, 0.15) is 62.0 Å². The van der Waals surface area contributed by atoms with Crippen molar-refractivity contribution in [3.63, 3.8) is 0 Å². The van der Waals surface area contributed by atoms with Gasteiger partial charge in [0.1, 0.15) is 5.60 Å². The van der Waals surface area contributed by atoms with Gasteiger partial charge in [-0.05, 0) is 107 Å². The zero-order valence-corrected chi connectivity index (χ0v) is 26.0. The molecule has 0 saturated carbocycles. The molecule has 4 aromatic rings. The summed E-state index contributed by atoms with van der Waals surface area (Å²) in [5.74, 6) is -0.386. The fourth-order valence-corrected chi connectivity index (χ4v) is 5.36. The first-order valence-electron chi connectivity index (χ1n) is 14.2. The number of carbonyl (C=O) groups is 2. The Bertz CT molecular complexity index is 1510. The third-order valence-electron chi connectivity index (χ3n) is 6.72. The van der Waals surface area contributed by atoms with Crippen LogP contribution in [0.5, 0.6) is 0 Å². The van der Waals surface area contributed by atoms with Gasteiger partial charge in [-0.25, -0.2) is 9.59 Å². The highest BCUT2D eigenvalue weighted by Gasteiger charge is 2.24. The van der Waals surface area contributed by atoms with E-state index in [-0.39, 0.29) is 18.7 Å². The van der Waals surface area contributed by atoms with E-state index in [1.165, 1.54) is 5.56 Å². The average molecular weight is 611 g/mol. The maximum absolute atomic E-state index is 13.3. The highest BCUT2D eigenvalue weighted by atomic mass is 35.5. The smallest absolute Gasteiger partial charge is 0.410 e. The quantitative estimate of drug-likeness (QED) is 0.136. The van der Waals surface area contributed by atoms with Gasteiger partial charge in [-0.2, -0.15) is 0 Å². The van der Waals surface area contributed by atoms with Crippen LogP contribution in [0.4, 0.5) is 4.79 Å². The Kier molecular flexibility index (Phi) is 10.5. The predicted molar refractivity (Wildman–Crippen MR) is 168 cm³/mol. The number of nitrogens with zero attached hydrogens (tertiary/aromatic N) is 2. The molecule has 1 amide bonds. The predicted octanol–water partition coefficient (Wildman–Crippen LogP) is 8.52. The van der Waals surface area contributed by atoms with Crippen molar-refractivity contribution < 1.29 is 19.1 Å². The molecule has 2 aromatic heterocycles. The van der Waals surface area contributed by atoms with E-state index in [0.29, 0.717) is 35.1 Å². The molecule has 0 atom stereocenters. The van der Waals surface area contributed by atoms with E-state index >= 15 is 0 Å². The normalized spacial score (nSPS) is 11.5. The maximum atomic E-state index is 13.3. The molecule has 0 aliphatic rings. The lowest BCUT2D eigenvalue weighted by Gasteiger charge is -2.27. The van der Waals surface area contributed by atoms with Gasteiger partial charge in [0.2, 0.25) is 0 Å². The van der Waals surface area contributed by atoms with Gasteiger partial charge >= 0.3 is 12.1 Å². The first-order valence-corrected chi connectivity index (χ1v) is 14.9. The molecule has 4 rings (SSSR count). The second-order valence-electron chi connectivity index (χ2n) is 11.2. The maximum Gasteiger partial charge on any atom is 0.410 e. The molecule has 0 radical (unpaired) electrons. The fraction of sp³-hybridized carbons (Fsp3) is 0.364. The minimum Gasteiger partial charge on any atom is -0.462 e. The molecular weight excluding hydrogens is 573 g/mol. The number of aromatic nitrogens is 2. The van der Waals surface area contributed by atoms with Crippen molar-refractivity contribution >= 4 is 46.2 Å². The Hall–Kier alpha value is -3.55. The standard InChI is InChI=1S/C33H37Cl2N3O4/c1-5-41-31(39)23-11-12-29-28(19-23)27(30(37-29)24-17-25(34)20-26(35)18-24)13-16-38(32(40)42-33(2,3)4)15-7-6-9-22-10-8-14-36-21-22/h8,10-12,14,17-21,37H,5-7,9,13,15-16H2,1-4H3. The number of aryl methyl sites for hydroxylation is 1. The van der Waals surface area contributed by atoms with Gasteiger partial charge in [-0.15, -0.1) is 0 Å². The zero-order valence-electron chi connectivity index (χ0n) is 24.5. The third kappa shape index (κ3) is 8.49. The van der Waals surface area contributed by atoms with Gasteiger partial charge in [0.15, 0.2) is 0 Å². The average Bonchev–Trinajstić information content (AvgIpc) is 3.29. The minimum absolute atomic E-state index is 0.286. The lowest BCUT2D eigenvalue weighted by molar-refractivity contribution is 0.0249. The number of carbonyl (C=O) groups excluding carboxylic acids is 2.